The van der Waals surface area contributed by atoms with Crippen molar-refractivity contribution in [3.05, 3.63) is 0 Å². The first-order valence-electron chi connectivity index (χ1n) is 41.7. The van der Waals surface area contributed by atoms with Gasteiger partial charge in [-0.15, -0.1) is 0 Å². The number of carbonyl (C=O) groups is 4. The zero-order valence-corrected chi connectivity index (χ0v) is 66.4. The Labute approximate surface area is 607 Å². The molecule has 3 unspecified atom stereocenters. The molecule has 0 aromatic rings. The van der Waals surface area contributed by atoms with Gasteiger partial charge in [-0.2, -0.15) is 0 Å². The summed E-state index contributed by atoms with van der Waals surface area (Å²) in [5, 5.41) is 10.6. The summed E-state index contributed by atoms with van der Waals surface area (Å²) in [7, 11) is -9.92. The first-order chi connectivity index (χ1) is 48.1. The van der Waals surface area contributed by atoms with Gasteiger partial charge in [0.25, 0.3) is 0 Å². The van der Waals surface area contributed by atoms with Gasteiger partial charge in [-0.3, -0.25) is 37.3 Å². The van der Waals surface area contributed by atoms with Crippen molar-refractivity contribution in [2.45, 2.75) is 445 Å². The van der Waals surface area contributed by atoms with Crippen LogP contribution in [0.4, 0.5) is 0 Å². The molecule has 0 aliphatic heterocycles. The minimum atomic E-state index is -4.96. The minimum Gasteiger partial charge on any atom is -0.462 e. The molecule has 588 valence electrons. The molecule has 0 aliphatic rings. The van der Waals surface area contributed by atoms with Gasteiger partial charge in [0.2, 0.25) is 0 Å². The predicted molar refractivity (Wildman–Crippen MR) is 405 cm³/mol. The van der Waals surface area contributed by atoms with Gasteiger partial charge < -0.3 is 33.8 Å². The van der Waals surface area contributed by atoms with Gasteiger partial charge in [-0.1, -0.05) is 375 Å². The summed E-state index contributed by atoms with van der Waals surface area (Å²) in [6.07, 6.45) is 63.6. The Bertz CT molecular complexity index is 1890. The lowest BCUT2D eigenvalue weighted by Crippen LogP contribution is -2.30. The molecule has 3 N–H and O–H groups in total. The summed E-state index contributed by atoms with van der Waals surface area (Å²) < 4.78 is 68.7. The Morgan fingerprint density at radius 3 is 0.717 bits per heavy atom. The molecule has 0 spiro atoms. The maximum Gasteiger partial charge on any atom is 0.472 e. The normalized spacial score (nSPS) is 14.1. The smallest absolute Gasteiger partial charge is 0.462 e. The van der Waals surface area contributed by atoms with E-state index in [0.29, 0.717) is 25.7 Å². The third-order valence-corrected chi connectivity index (χ3v) is 21.0. The maximum atomic E-state index is 13.1. The van der Waals surface area contributed by atoms with Crippen molar-refractivity contribution in [3.8, 4) is 0 Å². The molecule has 0 radical (unpaired) electrons. The summed E-state index contributed by atoms with van der Waals surface area (Å²) >= 11 is 0. The van der Waals surface area contributed by atoms with Crippen molar-refractivity contribution in [2.24, 2.45) is 5.92 Å². The fraction of sp³-hybridized carbons (Fsp3) is 0.950. The van der Waals surface area contributed by atoms with Gasteiger partial charge >= 0.3 is 39.5 Å². The topological polar surface area (TPSA) is 237 Å². The van der Waals surface area contributed by atoms with Crippen LogP contribution in [0.1, 0.15) is 426 Å². The van der Waals surface area contributed by atoms with E-state index in [1.54, 1.807) is 0 Å². The molecule has 0 aliphatic carbocycles. The van der Waals surface area contributed by atoms with Gasteiger partial charge in [0.05, 0.1) is 26.4 Å². The van der Waals surface area contributed by atoms with E-state index in [9.17, 15) is 43.2 Å². The van der Waals surface area contributed by atoms with Crippen LogP contribution in [0.15, 0.2) is 0 Å². The average Bonchev–Trinajstić information content (AvgIpc) is 1.18. The van der Waals surface area contributed by atoms with Crippen LogP contribution in [0.5, 0.6) is 0 Å². The maximum absolute atomic E-state index is 13.1. The first kappa shape index (κ1) is 97.1. The molecular weight excluding hydrogens is 1290 g/mol. The number of carbonyl (C=O) groups excluding carboxylic acids is 4. The SMILES string of the molecule is CCCCCCCCCCCCCCCCCCC(=O)OC[C@H](COP(=O)(O)OC[C@@H](O)COP(=O)(O)OC[C@@H](COC(=O)CCCCCCCCCCC(C)CC)OC(=O)CCCCCCCCCCCCCCCCC)OC(=O)CCCCCCCCCCCCCCCCCC. The highest BCUT2D eigenvalue weighted by Gasteiger charge is 2.30. The Hall–Kier alpha value is -1.94. The van der Waals surface area contributed by atoms with Gasteiger partial charge in [0, 0.05) is 25.7 Å². The van der Waals surface area contributed by atoms with Gasteiger partial charge in [0.15, 0.2) is 12.2 Å². The number of phosphoric acid groups is 2. The standard InChI is InChI=1S/C80H156O17P2/c1-6-10-13-16-19-22-25-28-31-34-36-39-42-48-53-58-63-77(82)90-69-75(96-79(84)66-61-56-51-44-41-38-35-32-29-26-23-20-17-14-11-7-2)71-94-98(86,87)92-67-74(81)68-93-99(88,89)95-72-76(70-91-78(83)64-59-54-49-46-45-47-52-57-62-73(5)9-4)97-80(85)65-60-55-50-43-40-37-33-30-27-24-21-18-15-12-8-3/h73-76,81H,6-72H2,1-5H3,(H,86,87)(H,88,89)/t73?,74-,75-,76-/m1/s1. The molecule has 0 rings (SSSR count). The number of phosphoric ester groups is 2. The number of unbranched alkanes of at least 4 members (excludes halogenated alkanes) is 51. The van der Waals surface area contributed by atoms with E-state index in [2.05, 4.69) is 34.6 Å². The van der Waals surface area contributed by atoms with Crippen LogP contribution in [-0.2, 0) is 65.4 Å². The van der Waals surface area contributed by atoms with Crippen LogP contribution in [0.25, 0.3) is 0 Å². The molecule has 19 heteroatoms. The van der Waals surface area contributed by atoms with E-state index in [0.717, 1.165) is 95.8 Å². The number of aliphatic hydroxyl groups is 1. The van der Waals surface area contributed by atoms with Crippen molar-refractivity contribution in [3.63, 3.8) is 0 Å². The number of rotatable bonds is 80. The fourth-order valence-corrected chi connectivity index (χ4v) is 14.0. The summed E-state index contributed by atoms with van der Waals surface area (Å²) in [6.45, 7) is 7.34. The first-order valence-corrected chi connectivity index (χ1v) is 44.7. The molecule has 0 amide bonds. The number of hydrogen-bond acceptors (Lipinski definition) is 15. The third-order valence-electron chi connectivity index (χ3n) is 19.1. The summed E-state index contributed by atoms with van der Waals surface area (Å²) in [5.41, 5.74) is 0. The van der Waals surface area contributed by atoms with Gasteiger partial charge in [0.1, 0.15) is 19.3 Å². The Kier molecular flexibility index (Phi) is 71.6. The third kappa shape index (κ3) is 72.8. The largest absolute Gasteiger partial charge is 0.472 e. The molecule has 0 aromatic heterocycles. The van der Waals surface area contributed by atoms with Crippen LogP contribution in [0, 0.1) is 5.92 Å². The Morgan fingerprint density at radius 1 is 0.283 bits per heavy atom. The van der Waals surface area contributed by atoms with E-state index < -0.39 is 97.5 Å². The molecule has 0 heterocycles. The number of esters is 4. The Morgan fingerprint density at radius 2 is 0.485 bits per heavy atom. The highest BCUT2D eigenvalue weighted by atomic mass is 31.2. The van der Waals surface area contributed by atoms with Crippen LogP contribution in [0.2, 0.25) is 0 Å². The van der Waals surface area contributed by atoms with E-state index in [4.69, 9.17) is 37.0 Å². The quantitative estimate of drug-likeness (QED) is 0.0222. The Balaban J connectivity index is 5.27. The molecule has 0 bridgehead atoms. The summed E-state index contributed by atoms with van der Waals surface area (Å²) in [5.74, 6) is -1.33. The number of aliphatic hydroxyl groups excluding tert-OH is 1. The lowest BCUT2D eigenvalue weighted by atomic mass is 9.99. The highest BCUT2D eigenvalue weighted by Crippen LogP contribution is 2.45. The molecule has 0 aromatic carbocycles. The molecule has 0 fully saturated rings. The number of hydrogen-bond donors (Lipinski definition) is 3. The zero-order valence-electron chi connectivity index (χ0n) is 64.6. The van der Waals surface area contributed by atoms with E-state index >= 15 is 0 Å². The van der Waals surface area contributed by atoms with E-state index in [1.165, 1.54) is 250 Å². The molecular formula is C80H156O17P2. The predicted octanol–water partition coefficient (Wildman–Crippen LogP) is 24.0. The minimum absolute atomic E-state index is 0.108. The van der Waals surface area contributed by atoms with Crippen molar-refractivity contribution in [2.75, 3.05) is 39.6 Å². The zero-order chi connectivity index (χ0) is 72.7. The molecule has 99 heavy (non-hydrogen) atoms. The van der Waals surface area contributed by atoms with Crippen LogP contribution >= 0.6 is 15.6 Å². The summed E-state index contributed by atoms with van der Waals surface area (Å²) in [6, 6.07) is 0. The van der Waals surface area contributed by atoms with Crippen molar-refractivity contribution < 1.29 is 80.2 Å². The van der Waals surface area contributed by atoms with E-state index in [1.807, 2.05) is 0 Å². The van der Waals surface area contributed by atoms with E-state index in [-0.39, 0.29) is 25.7 Å². The summed E-state index contributed by atoms with van der Waals surface area (Å²) in [4.78, 5) is 73.0. The van der Waals surface area contributed by atoms with Crippen molar-refractivity contribution in [1.29, 1.82) is 0 Å². The molecule has 0 saturated heterocycles. The second-order valence-corrected chi connectivity index (χ2v) is 32.0. The lowest BCUT2D eigenvalue weighted by molar-refractivity contribution is -0.161. The highest BCUT2D eigenvalue weighted by molar-refractivity contribution is 7.47. The van der Waals surface area contributed by atoms with Gasteiger partial charge in [-0.25, -0.2) is 9.13 Å². The second kappa shape index (κ2) is 73.0. The molecule has 0 saturated carbocycles. The van der Waals surface area contributed by atoms with Crippen LogP contribution < -0.4 is 0 Å². The lowest BCUT2D eigenvalue weighted by Gasteiger charge is -2.21. The van der Waals surface area contributed by atoms with Crippen LogP contribution in [-0.4, -0.2) is 96.7 Å². The monoisotopic (exact) mass is 1450 g/mol. The second-order valence-electron chi connectivity index (χ2n) is 29.1. The van der Waals surface area contributed by atoms with Gasteiger partial charge in [-0.05, 0) is 31.6 Å². The molecule has 6 atom stereocenters. The molecule has 17 nitrogen and oxygen atoms in total. The fourth-order valence-electron chi connectivity index (χ4n) is 12.4. The average molecular weight is 1450 g/mol. The van der Waals surface area contributed by atoms with Crippen molar-refractivity contribution in [1.82, 2.24) is 0 Å². The van der Waals surface area contributed by atoms with Crippen molar-refractivity contribution >= 4 is 39.5 Å². The number of ether oxygens (including phenoxy) is 4. The van der Waals surface area contributed by atoms with Crippen LogP contribution in [0.3, 0.4) is 0 Å².